The first-order chi connectivity index (χ1) is 16.8. The van der Waals surface area contributed by atoms with Gasteiger partial charge in [0.1, 0.15) is 12.4 Å². The molecule has 35 heavy (non-hydrogen) atoms. The molecule has 0 saturated heterocycles. The molecule has 0 atom stereocenters. The molecule has 2 heterocycles. The van der Waals surface area contributed by atoms with E-state index < -0.39 is 17.6 Å². The van der Waals surface area contributed by atoms with Crippen molar-refractivity contribution in [2.75, 3.05) is 5.32 Å². The maximum Gasteiger partial charge on any atom is 0.252 e. The van der Waals surface area contributed by atoms with E-state index in [4.69, 9.17) is 27.8 Å². The van der Waals surface area contributed by atoms with Crippen LogP contribution in [0.25, 0.3) is 11.4 Å². The number of pyridine rings is 1. The number of carbonyl (C=O) groups is 2. The van der Waals surface area contributed by atoms with Crippen LogP contribution >= 0.6 is 11.6 Å². The van der Waals surface area contributed by atoms with Crippen LogP contribution in [0.3, 0.4) is 0 Å². The molecule has 0 fully saturated rings. The average molecular weight is 493 g/mol. The summed E-state index contributed by atoms with van der Waals surface area (Å²) < 4.78 is 20.3. The molecule has 0 spiro atoms. The van der Waals surface area contributed by atoms with E-state index in [1.165, 1.54) is 42.9 Å². The summed E-state index contributed by atoms with van der Waals surface area (Å²) in [5, 5.41) is 3.29. The fraction of sp³-hybridized carbons (Fsp3) is 0.0417. The number of rotatable bonds is 8. The van der Waals surface area contributed by atoms with Gasteiger partial charge in [-0.15, -0.1) is 0 Å². The molecule has 0 aliphatic carbocycles. The lowest BCUT2D eigenvalue weighted by molar-refractivity contribution is 0.0992. The Hall–Kier alpha value is -4.57. The first-order valence-electron chi connectivity index (χ1n) is 10.2. The summed E-state index contributed by atoms with van der Waals surface area (Å²) in [5.41, 5.74) is 12.3. The van der Waals surface area contributed by atoms with Gasteiger partial charge in [0, 0.05) is 23.0 Å². The van der Waals surface area contributed by atoms with Gasteiger partial charge in [-0.25, -0.2) is 14.4 Å². The molecule has 5 N–H and O–H groups in total. The molecule has 2 aromatic heterocycles. The third-order valence-electron chi connectivity index (χ3n) is 4.87. The second-order valence-corrected chi connectivity index (χ2v) is 7.73. The number of benzene rings is 2. The quantitative estimate of drug-likeness (QED) is 0.338. The molecule has 2 aromatic carbocycles. The number of halogens is 2. The van der Waals surface area contributed by atoms with E-state index in [9.17, 15) is 14.0 Å². The molecular weight excluding hydrogens is 475 g/mol. The number of nitrogens with zero attached hydrogens (tertiary/aromatic N) is 3. The molecular formula is C24H18ClFN6O3. The highest BCUT2D eigenvalue weighted by molar-refractivity contribution is 6.30. The standard InChI is InChI=1S/C24H18ClFN6O3/c25-15-4-5-18(26)16(9-15)23-30-11-20(35-12-13-2-1-3-14(8-13)21(27)33)24(32-23)31-19-6-7-29-10-17(19)22(28)34/h1-11H,12H2,(H2,27,33)(H2,28,34)(H,29,30,31,32). The van der Waals surface area contributed by atoms with Crippen LogP contribution in [0.5, 0.6) is 5.75 Å². The van der Waals surface area contributed by atoms with Crippen molar-refractivity contribution in [3.8, 4) is 17.1 Å². The highest BCUT2D eigenvalue weighted by Crippen LogP contribution is 2.31. The number of hydrogen-bond acceptors (Lipinski definition) is 7. The molecule has 0 aliphatic rings. The Labute approximate surface area is 203 Å². The van der Waals surface area contributed by atoms with Gasteiger partial charge in [-0.1, -0.05) is 23.7 Å². The molecule has 0 radical (unpaired) electrons. The number of carbonyl (C=O) groups excluding carboxylic acids is 2. The van der Waals surface area contributed by atoms with E-state index >= 15 is 0 Å². The predicted octanol–water partition coefficient (Wildman–Crippen LogP) is 3.85. The lowest BCUT2D eigenvalue weighted by Crippen LogP contribution is -2.14. The number of hydrogen-bond donors (Lipinski definition) is 3. The van der Waals surface area contributed by atoms with E-state index in [0.717, 1.165) is 0 Å². The van der Waals surface area contributed by atoms with Crippen molar-refractivity contribution in [1.29, 1.82) is 0 Å². The number of primary amides is 2. The van der Waals surface area contributed by atoms with E-state index in [-0.39, 0.29) is 35.1 Å². The summed E-state index contributed by atoms with van der Waals surface area (Å²) in [7, 11) is 0. The topological polar surface area (TPSA) is 146 Å². The Balaban J connectivity index is 1.73. The van der Waals surface area contributed by atoms with Gasteiger partial charge >= 0.3 is 0 Å². The lowest BCUT2D eigenvalue weighted by Gasteiger charge is -2.15. The Bertz CT molecular complexity index is 1430. The summed E-state index contributed by atoms with van der Waals surface area (Å²) >= 11 is 6.02. The molecule has 176 valence electrons. The molecule has 0 saturated carbocycles. The van der Waals surface area contributed by atoms with Crippen LogP contribution in [0.4, 0.5) is 15.9 Å². The Morgan fingerprint density at radius 2 is 1.89 bits per heavy atom. The Morgan fingerprint density at radius 1 is 1.06 bits per heavy atom. The highest BCUT2D eigenvalue weighted by atomic mass is 35.5. The molecule has 4 aromatic rings. The zero-order valence-electron chi connectivity index (χ0n) is 18.0. The fourth-order valence-electron chi connectivity index (χ4n) is 3.17. The summed E-state index contributed by atoms with van der Waals surface area (Å²) in [6.45, 7) is 0.0447. The lowest BCUT2D eigenvalue weighted by atomic mass is 10.1. The summed E-state index contributed by atoms with van der Waals surface area (Å²) in [5.74, 6) is -1.49. The minimum absolute atomic E-state index is 0.0326. The van der Waals surface area contributed by atoms with Gasteiger partial charge < -0.3 is 21.5 Å². The first-order valence-corrected chi connectivity index (χ1v) is 10.5. The zero-order valence-corrected chi connectivity index (χ0v) is 18.8. The van der Waals surface area contributed by atoms with Crippen LogP contribution in [0.2, 0.25) is 5.02 Å². The Morgan fingerprint density at radius 3 is 2.66 bits per heavy atom. The minimum Gasteiger partial charge on any atom is -0.483 e. The van der Waals surface area contributed by atoms with E-state index in [2.05, 4.69) is 20.3 Å². The van der Waals surface area contributed by atoms with E-state index in [0.29, 0.717) is 21.8 Å². The van der Waals surface area contributed by atoms with Crippen molar-refractivity contribution in [1.82, 2.24) is 15.0 Å². The van der Waals surface area contributed by atoms with Crippen LogP contribution in [-0.4, -0.2) is 26.8 Å². The third-order valence-corrected chi connectivity index (χ3v) is 5.11. The SMILES string of the molecule is NC(=O)c1cccc(COc2cnc(-c3cc(Cl)ccc3F)nc2Nc2ccncc2C(N)=O)c1. The second-order valence-electron chi connectivity index (χ2n) is 7.29. The first kappa shape index (κ1) is 23.6. The van der Waals surface area contributed by atoms with Crippen molar-refractivity contribution in [3.05, 3.63) is 94.7 Å². The minimum atomic E-state index is -0.707. The van der Waals surface area contributed by atoms with Crippen LogP contribution in [0.1, 0.15) is 26.3 Å². The molecule has 2 amide bonds. The summed E-state index contributed by atoms with van der Waals surface area (Å²) in [6.07, 6.45) is 4.12. The molecule has 0 unspecified atom stereocenters. The summed E-state index contributed by atoms with van der Waals surface area (Å²) in [6, 6.07) is 12.2. The van der Waals surface area contributed by atoms with Crippen molar-refractivity contribution < 1.29 is 18.7 Å². The normalized spacial score (nSPS) is 10.6. The van der Waals surface area contributed by atoms with Gasteiger partial charge in [-0.3, -0.25) is 14.6 Å². The highest BCUT2D eigenvalue weighted by Gasteiger charge is 2.17. The number of ether oxygens (including phenoxy) is 1. The predicted molar refractivity (Wildman–Crippen MR) is 128 cm³/mol. The van der Waals surface area contributed by atoms with Crippen LogP contribution in [0, 0.1) is 5.82 Å². The van der Waals surface area contributed by atoms with Crippen LogP contribution in [-0.2, 0) is 6.61 Å². The number of aromatic nitrogens is 3. The van der Waals surface area contributed by atoms with Crippen molar-refractivity contribution in [3.63, 3.8) is 0 Å². The van der Waals surface area contributed by atoms with Gasteiger partial charge in [-0.2, -0.15) is 0 Å². The molecule has 0 bridgehead atoms. The molecule has 0 aliphatic heterocycles. The van der Waals surface area contributed by atoms with E-state index in [1.807, 2.05) is 0 Å². The maximum atomic E-state index is 14.5. The maximum absolute atomic E-state index is 14.5. The summed E-state index contributed by atoms with van der Waals surface area (Å²) in [4.78, 5) is 35.8. The Kier molecular flexibility index (Phi) is 6.83. The van der Waals surface area contributed by atoms with Gasteiger partial charge in [0.2, 0.25) is 5.91 Å². The average Bonchev–Trinajstić information content (AvgIpc) is 2.85. The van der Waals surface area contributed by atoms with Crippen LogP contribution in [0.15, 0.2) is 67.1 Å². The van der Waals surface area contributed by atoms with Gasteiger partial charge in [0.25, 0.3) is 5.91 Å². The van der Waals surface area contributed by atoms with Gasteiger partial charge in [-0.05, 0) is 42.0 Å². The smallest absolute Gasteiger partial charge is 0.252 e. The third kappa shape index (κ3) is 5.50. The van der Waals surface area contributed by atoms with Gasteiger partial charge in [0.05, 0.1) is 23.0 Å². The van der Waals surface area contributed by atoms with Crippen molar-refractivity contribution >= 4 is 34.9 Å². The molecule has 4 rings (SSSR count). The largest absolute Gasteiger partial charge is 0.483 e. The monoisotopic (exact) mass is 492 g/mol. The molecule has 11 heteroatoms. The van der Waals surface area contributed by atoms with Crippen LogP contribution < -0.4 is 21.5 Å². The van der Waals surface area contributed by atoms with Crippen molar-refractivity contribution in [2.24, 2.45) is 11.5 Å². The number of anilines is 2. The molecule has 9 nitrogen and oxygen atoms in total. The van der Waals surface area contributed by atoms with Gasteiger partial charge in [0.15, 0.2) is 17.4 Å². The zero-order chi connectivity index (χ0) is 24.9. The second kappa shape index (κ2) is 10.1. The number of nitrogens with one attached hydrogen (secondary N) is 1. The number of nitrogens with two attached hydrogens (primary N) is 2. The van der Waals surface area contributed by atoms with Crippen molar-refractivity contribution in [2.45, 2.75) is 6.61 Å². The number of amides is 2. The fourth-order valence-corrected chi connectivity index (χ4v) is 3.34. The van der Waals surface area contributed by atoms with E-state index in [1.54, 1.807) is 24.3 Å².